The van der Waals surface area contributed by atoms with Crippen molar-refractivity contribution in [1.82, 2.24) is 0 Å². The summed E-state index contributed by atoms with van der Waals surface area (Å²) in [6, 6.07) is 0. The maximum absolute atomic E-state index is 14.0. The molecule has 3 fully saturated rings. The molecule has 3 aliphatic carbocycles. The van der Waals surface area contributed by atoms with Gasteiger partial charge in [-0.2, -0.15) is 0 Å². The molecule has 5 atom stereocenters. The van der Waals surface area contributed by atoms with E-state index >= 15 is 0 Å². The highest BCUT2D eigenvalue weighted by molar-refractivity contribution is 5.28. The maximum Gasteiger partial charge on any atom is 0.125 e. The summed E-state index contributed by atoms with van der Waals surface area (Å²) >= 11 is 0. The van der Waals surface area contributed by atoms with Gasteiger partial charge in [0.1, 0.15) is 6.17 Å². The van der Waals surface area contributed by atoms with Crippen molar-refractivity contribution in [2.45, 2.75) is 110 Å². The molecule has 0 heterocycles. The van der Waals surface area contributed by atoms with E-state index in [1.165, 1.54) is 50.5 Å². The number of rotatable bonds is 6. The van der Waals surface area contributed by atoms with E-state index in [2.05, 4.69) is 46.4 Å². The van der Waals surface area contributed by atoms with Crippen molar-refractivity contribution in [3.05, 3.63) is 35.5 Å². The molecule has 1 nitrogen and oxygen atoms in total. The van der Waals surface area contributed by atoms with Crippen LogP contribution in [0.3, 0.4) is 0 Å². The minimum atomic E-state index is -0.833. The van der Waals surface area contributed by atoms with Crippen molar-refractivity contribution >= 4 is 0 Å². The summed E-state index contributed by atoms with van der Waals surface area (Å²) in [5.41, 5.74) is 10.3. The number of fused-ring (bicyclic) bond motifs is 1. The third kappa shape index (κ3) is 5.43. The molecule has 0 bridgehead atoms. The van der Waals surface area contributed by atoms with Crippen LogP contribution >= 0.6 is 0 Å². The van der Waals surface area contributed by atoms with Gasteiger partial charge in [0.25, 0.3) is 0 Å². The number of allylic oxidation sites excluding steroid dienone is 5. The van der Waals surface area contributed by atoms with Crippen molar-refractivity contribution in [2.75, 3.05) is 0 Å². The zero-order valence-electron chi connectivity index (χ0n) is 19.4. The largest absolute Gasteiger partial charge is 0.326 e. The predicted molar refractivity (Wildman–Crippen MR) is 124 cm³/mol. The van der Waals surface area contributed by atoms with Crippen molar-refractivity contribution in [3.63, 3.8) is 0 Å². The van der Waals surface area contributed by atoms with Gasteiger partial charge in [-0.1, -0.05) is 56.6 Å². The first-order valence-corrected chi connectivity index (χ1v) is 12.1. The number of alkyl halides is 1. The van der Waals surface area contributed by atoms with E-state index < -0.39 is 6.17 Å². The maximum atomic E-state index is 14.0. The molecular weight excluding hydrogens is 357 g/mol. The second-order valence-electron chi connectivity index (χ2n) is 11.4. The predicted octanol–water partition coefficient (Wildman–Crippen LogP) is 7.68. The molecule has 0 amide bonds. The van der Waals surface area contributed by atoms with E-state index in [1.807, 2.05) is 0 Å². The molecule has 29 heavy (non-hydrogen) atoms. The molecule has 0 aromatic rings. The fourth-order valence-corrected chi connectivity index (χ4v) is 6.63. The topological polar surface area (TPSA) is 26.0 Å². The summed E-state index contributed by atoms with van der Waals surface area (Å²) < 4.78 is 14.0. The lowest BCUT2D eigenvalue weighted by atomic mass is 9.60. The highest BCUT2D eigenvalue weighted by Gasteiger charge is 2.50. The Labute approximate surface area is 179 Å². The van der Waals surface area contributed by atoms with Crippen LogP contribution in [0.4, 0.5) is 4.39 Å². The monoisotopic (exact) mass is 401 g/mol. The Hall–Kier alpha value is -0.890. The molecule has 0 aromatic heterocycles. The van der Waals surface area contributed by atoms with Crippen LogP contribution in [0, 0.1) is 23.2 Å². The minimum absolute atomic E-state index is 0.0415. The quantitative estimate of drug-likeness (QED) is 0.454. The normalized spacial score (nSPS) is 37.2. The molecule has 0 spiro atoms. The SMILES string of the molecule is C=C1CC/C(=C/C=C2\CCC[C@@]3(C)C2CCC3[C@@H](C)CCCC(C)(C)N)C[C@H]1F. The first-order chi connectivity index (χ1) is 13.6. The molecular formula is C27H44FN. The number of halogens is 1. The highest BCUT2D eigenvalue weighted by Crippen LogP contribution is 2.59. The summed E-state index contributed by atoms with van der Waals surface area (Å²) in [6.07, 6.45) is 16.5. The average Bonchev–Trinajstić information content (AvgIpc) is 2.99. The van der Waals surface area contributed by atoms with Crippen LogP contribution in [-0.2, 0) is 0 Å². The Morgan fingerprint density at radius 1 is 1.24 bits per heavy atom. The van der Waals surface area contributed by atoms with E-state index in [-0.39, 0.29) is 5.54 Å². The standard InChI is InChI=1S/C27H44FN/c1-19(8-6-16-26(3,4)29)23-14-15-24-22(9-7-17-27(23,24)5)13-12-21-11-10-20(2)25(28)18-21/h12-13,19,23-25H,2,6-11,14-18,29H2,1,3-5H3/b21-12-,22-13+/t19-,23?,24?,25+,27+/m0/s1. The average molecular weight is 402 g/mol. The molecule has 0 aliphatic heterocycles. The van der Waals surface area contributed by atoms with Gasteiger partial charge in [-0.25, -0.2) is 4.39 Å². The Balaban J connectivity index is 1.65. The number of hydrogen-bond acceptors (Lipinski definition) is 1. The molecule has 2 heteroatoms. The lowest BCUT2D eigenvalue weighted by molar-refractivity contribution is 0.0926. The van der Waals surface area contributed by atoms with E-state index in [1.54, 1.807) is 5.57 Å². The van der Waals surface area contributed by atoms with Crippen molar-refractivity contribution < 1.29 is 4.39 Å². The molecule has 2 unspecified atom stereocenters. The van der Waals surface area contributed by atoms with Gasteiger partial charge in [0.15, 0.2) is 0 Å². The molecule has 2 N–H and O–H groups in total. The Morgan fingerprint density at radius 2 is 2.00 bits per heavy atom. The zero-order valence-corrected chi connectivity index (χ0v) is 19.4. The second kappa shape index (κ2) is 9.08. The van der Waals surface area contributed by atoms with E-state index in [0.717, 1.165) is 42.6 Å². The third-order valence-electron chi connectivity index (χ3n) is 8.39. The van der Waals surface area contributed by atoms with Crippen LogP contribution in [0.5, 0.6) is 0 Å². The number of nitrogens with two attached hydrogens (primary N) is 1. The molecule has 0 aromatic carbocycles. The van der Waals surface area contributed by atoms with Crippen molar-refractivity contribution in [3.8, 4) is 0 Å². The summed E-state index contributed by atoms with van der Waals surface area (Å²) in [5, 5.41) is 0. The van der Waals surface area contributed by atoms with Crippen LogP contribution in [0.2, 0.25) is 0 Å². The number of hydrogen-bond donors (Lipinski definition) is 1. The molecule has 3 saturated carbocycles. The highest BCUT2D eigenvalue weighted by atomic mass is 19.1. The van der Waals surface area contributed by atoms with Gasteiger partial charge in [0.2, 0.25) is 0 Å². The van der Waals surface area contributed by atoms with Crippen molar-refractivity contribution in [1.29, 1.82) is 0 Å². The first-order valence-electron chi connectivity index (χ1n) is 12.1. The fourth-order valence-electron chi connectivity index (χ4n) is 6.63. The lowest BCUT2D eigenvalue weighted by Crippen LogP contribution is -2.36. The smallest absolute Gasteiger partial charge is 0.125 e. The van der Waals surface area contributed by atoms with Gasteiger partial charge in [-0.3, -0.25) is 0 Å². The summed E-state index contributed by atoms with van der Waals surface area (Å²) in [7, 11) is 0. The molecule has 3 aliphatic rings. The molecule has 3 rings (SSSR count). The van der Waals surface area contributed by atoms with Crippen LogP contribution in [0.1, 0.15) is 98.3 Å². The zero-order chi connectivity index (χ0) is 21.2. The van der Waals surface area contributed by atoms with Gasteiger partial charge in [-0.05, 0) is 94.0 Å². The second-order valence-corrected chi connectivity index (χ2v) is 11.4. The van der Waals surface area contributed by atoms with Gasteiger partial charge in [0, 0.05) is 12.0 Å². The first kappa shape index (κ1) is 22.8. The Bertz CT molecular complexity index is 652. The fraction of sp³-hybridized carbons (Fsp3) is 0.778. The van der Waals surface area contributed by atoms with Gasteiger partial charge >= 0.3 is 0 Å². The van der Waals surface area contributed by atoms with Crippen LogP contribution in [-0.4, -0.2) is 11.7 Å². The minimum Gasteiger partial charge on any atom is -0.326 e. The van der Waals surface area contributed by atoms with Gasteiger partial charge in [-0.15, -0.1) is 0 Å². The Morgan fingerprint density at radius 3 is 2.69 bits per heavy atom. The summed E-state index contributed by atoms with van der Waals surface area (Å²) in [6.45, 7) is 13.2. The van der Waals surface area contributed by atoms with Crippen LogP contribution in [0.25, 0.3) is 0 Å². The Kier molecular flexibility index (Phi) is 7.14. The van der Waals surface area contributed by atoms with Crippen LogP contribution in [0.15, 0.2) is 35.5 Å². The van der Waals surface area contributed by atoms with Gasteiger partial charge in [0.05, 0.1) is 0 Å². The van der Waals surface area contributed by atoms with Gasteiger partial charge < -0.3 is 5.73 Å². The van der Waals surface area contributed by atoms with E-state index in [0.29, 0.717) is 11.8 Å². The summed E-state index contributed by atoms with van der Waals surface area (Å²) in [4.78, 5) is 0. The van der Waals surface area contributed by atoms with Crippen LogP contribution < -0.4 is 5.73 Å². The molecule has 0 saturated heterocycles. The third-order valence-corrected chi connectivity index (χ3v) is 8.39. The van der Waals surface area contributed by atoms with E-state index in [4.69, 9.17) is 5.73 Å². The van der Waals surface area contributed by atoms with Crippen molar-refractivity contribution in [2.24, 2.45) is 28.9 Å². The lowest BCUT2D eigenvalue weighted by Gasteiger charge is -2.44. The van der Waals surface area contributed by atoms with E-state index in [9.17, 15) is 4.39 Å². The summed E-state index contributed by atoms with van der Waals surface area (Å²) in [5.74, 6) is 2.34. The molecule has 164 valence electrons. The molecule has 0 radical (unpaired) electrons.